The summed E-state index contributed by atoms with van der Waals surface area (Å²) in [6, 6.07) is 8.53. The maximum absolute atomic E-state index is 7.16. The van der Waals surface area contributed by atoms with E-state index >= 15 is 0 Å². The van der Waals surface area contributed by atoms with E-state index in [-0.39, 0.29) is 11.5 Å². The van der Waals surface area contributed by atoms with Gasteiger partial charge in [0.1, 0.15) is 0 Å². The molecule has 23 heavy (non-hydrogen) atoms. The van der Waals surface area contributed by atoms with E-state index in [2.05, 4.69) is 103 Å². The molecule has 0 heterocycles. The molecule has 0 saturated heterocycles. The second-order valence-corrected chi connectivity index (χ2v) is 15.0. The van der Waals surface area contributed by atoms with Gasteiger partial charge in [-0.25, -0.2) is 0 Å². The molecule has 0 amide bonds. The Hall–Kier alpha value is -0.123. The molecule has 0 fully saturated rings. The number of hydrogen-bond donors (Lipinski definition) is 0. The lowest BCUT2D eigenvalue weighted by molar-refractivity contribution is 0.0677. The third kappa shape index (κ3) is 4.49. The van der Waals surface area contributed by atoms with Crippen LogP contribution in [0.3, 0.4) is 0 Å². The third-order valence-corrected chi connectivity index (χ3v) is 11.8. The van der Waals surface area contributed by atoms with Crippen molar-refractivity contribution in [2.45, 2.75) is 85.0 Å². The molecule has 0 N–H and O–H groups in total. The van der Waals surface area contributed by atoms with Crippen LogP contribution in [0.1, 0.15) is 74.0 Å². The summed E-state index contributed by atoms with van der Waals surface area (Å²) in [6.45, 7) is 21.0. The van der Waals surface area contributed by atoms with Crippen LogP contribution in [0.15, 0.2) is 28.7 Å². The molecule has 0 spiro atoms. The zero-order valence-corrected chi connectivity index (χ0v) is 19.0. The van der Waals surface area contributed by atoms with Gasteiger partial charge in [0.2, 0.25) is 8.32 Å². The van der Waals surface area contributed by atoms with Crippen molar-refractivity contribution in [1.29, 1.82) is 0 Å². The van der Waals surface area contributed by atoms with Crippen LogP contribution in [0.5, 0.6) is 0 Å². The number of benzene rings is 1. The van der Waals surface area contributed by atoms with Crippen molar-refractivity contribution in [3.05, 3.63) is 34.3 Å². The fraction of sp³-hybridized carbons (Fsp3) is 0.700. The Morgan fingerprint density at radius 3 is 1.65 bits per heavy atom. The van der Waals surface area contributed by atoms with E-state index in [4.69, 9.17) is 4.43 Å². The molecule has 0 aliphatic heterocycles. The number of rotatable bonds is 6. The molecule has 1 aromatic rings. The van der Waals surface area contributed by atoms with E-state index in [0.717, 1.165) is 4.47 Å². The molecule has 1 nitrogen and oxygen atoms in total. The lowest BCUT2D eigenvalue weighted by atomic mass is 9.85. The topological polar surface area (TPSA) is 9.23 Å². The first-order chi connectivity index (χ1) is 10.4. The summed E-state index contributed by atoms with van der Waals surface area (Å²) < 4.78 is 8.31. The predicted molar refractivity (Wildman–Crippen MR) is 108 cm³/mol. The van der Waals surface area contributed by atoms with Crippen LogP contribution in [0.4, 0.5) is 0 Å². The van der Waals surface area contributed by atoms with Gasteiger partial charge in [-0.2, -0.15) is 0 Å². The first-order valence-electron chi connectivity index (χ1n) is 8.86. The quantitative estimate of drug-likeness (QED) is 0.445. The standard InChI is InChI=1S/C20H35BrOSi/c1-14(2)23(15(3)4,16(5)6)22-19(20(7,8)9)17-12-10-11-13-18(17)21/h10-16,19H,1-9H3. The lowest BCUT2D eigenvalue weighted by Gasteiger charge is -2.47. The van der Waals surface area contributed by atoms with Gasteiger partial charge in [-0.15, -0.1) is 0 Å². The van der Waals surface area contributed by atoms with Gasteiger partial charge in [0.05, 0.1) is 6.10 Å². The average molecular weight is 399 g/mol. The molecule has 0 bridgehead atoms. The van der Waals surface area contributed by atoms with Crippen LogP contribution in [-0.2, 0) is 4.43 Å². The van der Waals surface area contributed by atoms with E-state index in [1.165, 1.54) is 5.56 Å². The smallest absolute Gasteiger partial charge is 0.201 e. The van der Waals surface area contributed by atoms with E-state index < -0.39 is 8.32 Å². The molecular weight excluding hydrogens is 364 g/mol. The Morgan fingerprint density at radius 2 is 1.30 bits per heavy atom. The maximum Gasteiger partial charge on any atom is 0.201 e. The van der Waals surface area contributed by atoms with Gasteiger partial charge in [0, 0.05) is 4.47 Å². The first-order valence-corrected chi connectivity index (χ1v) is 11.8. The summed E-state index contributed by atoms with van der Waals surface area (Å²) in [5.74, 6) is 0. The summed E-state index contributed by atoms with van der Waals surface area (Å²) >= 11 is 3.74. The van der Waals surface area contributed by atoms with E-state index in [9.17, 15) is 0 Å². The lowest BCUT2D eigenvalue weighted by Crippen LogP contribution is -2.50. The van der Waals surface area contributed by atoms with Gasteiger partial charge in [-0.05, 0) is 33.7 Å². The molecule has 0 saturated carbocycles. The van der Waals surface area contributed by atoms with E-state index in [1.54, 1.807) is 0 Å². The summed E-state index contributed by atoms with van der Waals surface area (Å²) in [5.41, 5.74) is 3.11. The average Bonchev–Trinajstić information content (AvgIpc) is 2.38. The predicted octanol–water partition coefficient (Wildman–Crippen LogP) is 7.73. The van der Waals surface area contributed by atoms with Crippen LogP contribution in [0.25, 0.3) is 0 Å². The SMILES string of the molecule is CC(C)[Si](OC(c1ccccc1Br)C(C)(C)C)(C(C)C)C(C)C. The summed E-state index contributed by atoms with van der Waals surface area (Å²) in [7, 11) is -1.93. The minimum Gasteiger partial charge on any atom is -0.409 e. The molecule has 1 atom stereocenters. The normalized spacial score (nSPS) is 14.8. The molecule has 0 aliphatic rings. The van der Waals surface area contributed by atoms with Gasteiger partial charge in [-0.1, -0.05) is 96.4 Å². The molecule has 132 valence electrons. The van der Waals surface area contributed by atoms with Crippen LogP contribution >= 0.6 is 15.9 Å². The van der Waals surface area contributed by atoms with Crippen molar-refractivity contribution in [3.63, 3.8) is 0 Å². The first kappa shape index (κ1) is 20.9. The van der Waals surface area contributed by atoms with Crippen molar-refractivity contribution in [1.82, 2.24) is 0 Å². The van der Waals surface area contributed by atoms with Crippen molar-refractivity contribution >= 4 is 24.2 Å². The Kier molecular flexibility index (Phi) is 7.13. The van der Waals surface area contributed by atoms with Crippen molar-refractivity contribution in [3.8, 4) is 0 Å². The van der Waals surface area contributed by atoms with E-state index in [1.807, 2.05) is 0 Å². The van der Waals surface area contributed by atoms with Crippen molar-refractivity contribution < 1.29 is 4.43 Å². The Labute approximate surface area is 153 Å². The maximum atomic E-state index is 7.16. The fourth-order valence-corrected chi connectivity index (χ4v) is 10.2. The third-order valence-electron chi connectivity index (χ3n) is 5.00. The Balaban J connectivity index is 3.42. The van der Waals surface area contributed by atoms with E-state index in [0.29, 0.717) is 16.6 Å². The highest BCUT2D eigenvalue weighted by Crippen LogP contribution is 2.49. The Bertz CT molecular complexity index is 481. The van der Waals surface area contributed by atoms with Crippen LogP contribution in [-0.4, -0.2) is 8.32 Å². The highest BCUT2D eigenvalue weighted by atomic mass is 79.9. The molecule has 0 aromatic heterocycles. The molecule has 1 aromatic carbocycles. The van der Waals surface area contributed by atoms with Gasteiger partial charge < -0.3 is 4.43 Å². The molecular formula is C20H35BrOSi. The zero-order valence-electron chi connectivity index (χ0n) is 16.4. The number of halogens is 1. The van der Waals surface area contributed by atoms with Crippen LogP contribution < -0.4 is 0 Å². The zero-order chi connectivity index (χ0) is 18.0. The summed E-state index contributed by atoms with van der Waals surface area (Å²) in [5, 5.41) is 0. The largest absolute Gasteiger partial charge is 0.409 e. The van der Waals surface area contributed by atoms with Gasteiger partial charge >= 0.3 is 0 Å². The Morgan fingerprint density at radius 1 is 0.870 bits per heavy atom. The summed E-state index contributed by atoms with van der Waals surface area (Å²) in [6.07, 6.45) is 0.108. The molecule has 1 unspecified atom stereocenters. The van der Waals surface area contributed by atoms with Crippen molar-refractivity contribution in [2.24, 2.45) is 5.41 Å². The highest BCUT2D eigenvalue weighted by molar-refractivity contribution is 9.10. The van der Waals surface area contributed by atoms with Crippen LogP contribution in [0.2, 0.25) is 16.6 Å². The minimum absolute atomic E-state index is 0.0563. The monoisotopic (exact) mass is 398 g/mol. The molecule has 3 heteroatoms. The van der Waals surface area contributed by atoms with Crippen molar-refractivity contribution in [2.75, 3.05) is 0 Å². The molecule has 1 rings (SSSR count). The summed E-state index contributed by atoms with van der Waals surface area (Å²) in [4.78, 5) is 0. The highest BCUT2D eigenvalue weighted by Gasteiger charge is 2.48. The number of hydrogen-bond acceptors (Lipinski definition) is 1. The second kappa shape index (κ2) is 7.84. The van der Waals surface area contributed by atoms with Gasteiger partial charge in [0.25, 0.3) is 0 Å². The minimum atomic E-state index is -1.93. The van der Waals surface area contributed by atoms with Gasteiger partial charge in [0.15, 0.2) is 0 Å². The molecule has 0 aliphatic carbocycles. The van der Waals surface area contributed by atoms with Crippen LogP contribution in [0, 0.1) is 5.41 Å². The molecule has 0 radical (unpaired) electrons. The second-order valence-electron chi connectivity index (χ2n) is 8.70. The van der Waals surface area contributed by atoms with Gasteiger partial charge in [-0.3, -0.25) is 0 Å². The fourth-order valence-electron chi connectivity index (χ4n) is 4.01.